The van der Waals surface area contributed by atoms with Gasteiger partial charge in [0.2, 0.25) is 17.7 Å². The summed E-state index contributed by atoms with van der Waals surface area (Å²) in [6.45, 7) is 7.20. The van der Waals surface area contributed by atoms with E-state index in [0.29, 0.717) is 12.8 Å². The Morgan fingerprint density at radius 2 is 1.03 bits per heavy atom. The normalized spacial score (nSPS) is 12.7. The largest absolute Gasteiger partial charge is 0.480 e. The number of hydrogen-bond donors (Lipinski definition) is 2. The summed E-state index contributed by atoms with van der Waals surface area (Å²) in [7, 11) is 0. The van der Waals surface area contributed by atoms with E-state index in [-0.39, 0.29) is 24.7 Å². The fourth-order valence-electron chi connectivity index (χ4n) is 3.79. The second-order valence-electron chi connectivity index (χ2n) is 9.14. The zero-order valence-electron chi connectivity index (χ0n) is 21.5. The van der Waals surface area contributed by atoms with Crippen LogP contribution in [0.1, 0.15) is 130 Å². The van der Waals surface area contributed by atoms with Crippen molar-refractivity contribution in [2.75, 3.05) is 0 Å². The first-order chi connectivity index (χ1) is 15.8. The summed E-state index contributed by atoms with van der Waals surface area (Å²) in [6.07, 6.45) is 15.3. The van der Waals surface area contributed by atoms with Gasteiger partial charge in [-0.3, -0.25) is 24.1 Å². The van der Waals surface area contributed by atoms with Crippen molar-refractivity contribution in [2.24, 2.45) is 0 Å². The van der Waals surface area contributed by atoms with Crippen LogP contribution in [0.3, 0.4) is 0 Å². The van der Waals surface area contributed by atoms with Gasteiger partial charge in [0.05, 0.1) is 0 Å². The molecular formula is C26H48N2O5. The number of aliphatic carboxylic acids is 1. The Kier molecular flexibility index (Phi) is 18.4. The lowest BCUT2D eigenvalue weighted by Gasteiger charge is -2.27. The van der Waals surface area contributed by atoms with Crippen molar-refractivity contribution >= 4 is 23.7 Å². The van der Waals surface area contributed by atoms with Crippen molar-refractivity contribution < 1.29 is 24.3 Å². The number of carbonyl (C=O) groups excluding carboxylic acids is 3. The zero-order valence-corrected chi connectivity index (χ0v) is 21.5. The molecule has 0 aliphatic heterocycles. The van der Waals surface area contributed by atoms with Crippen LogP contribution in [0, 0.1) is 0 Å². The predicted octanol–water partition coefficient (Wildman–Crippen LogP) is 5.60. The number of carboxylic acids is 1. The summed E-state index contributed by atoms with van der Waals surface area (Å²) >= 11 is 0. The minimum atomic E-state index is -1.16. The second kappa shape index (κ2) is 19.5. The molecule has 7 nitrogen and oxygen atoms in total. The van der Waals surface area contributed by atoms with Crippen LogP contribution in [-0.2, 0) is 19.2 Å². The quantitative estimate of drug-likeness (QED) is 0.226. The van der Waals surface area contributed by atoms with Crippen LogP contribution in [0.2, 0.25) is 0 Å². The zero-order chi connectivity index (χ0) is 25.1. The second-order valence-corrected chi connectivity index (χ2v) is 9.14. The number of unbranched alkanes of at least 4 members (excludes halogenated alkanes) is 12. The maximum Gasteiger partial charge on any atom is 0.325 e. The standard InChI is InChI=1S/C26H48N2O5/c1-5-7-9-11-13-15-17-19-23(29)28(22(4)25(31)27-21(3)26(32)33)24(30)20-18-16-14-12-10-8-6-2/h21-22H,5-20H2,1-4H3,(H,27,31)(H,32,33)/t21-,22-/m0/s1. The summed E-state index contributed by atoms with van der Waals surface area (Å²) in [5.41, 5.74) is 0. The molecule has 0 aromatic carbocycles. The average molecular weight is 469 g/mol. The van der Waals surface area contributed by atoms with Gasteiger partial charge in [0.1, 0.15) is 12.1 Å². The summed E-state index contributed by atoms with van der Waals surface area (Å²) in [4.78, 5) is 50.5. The molecule has 7 heteroatoms. The van der Waals surface area contributed by atoms with Gasteiger partial charge in [0.15, 0.2) is 0 Å². The van der Waals surface area contributed by atoms with Crippen molar-refractivity contribution in [3.8, 4) is 0 Å². The first-order valence-electron chi connectivity index (χ1n) is 13.1. The van der Waals surface area contributed by atoms with Gasteiger partial charge >= 0.3 is 5.97 Å². The van der Waals surface area contributed by atoms with Crippen molar-refractivity contribution in [2.45, 2.75) is 143 Å². The SMILES string of the molecule is CCCCCCCCCC(=O)N(C(=O)CCCCCCCCC)[C@@H](C)C(=O)N[C@@H](C)C(=O)O. The third-order valence-electron chi connectivity index (χ3n) is 6.02. The number of hydrogen-bond acceptors (Lipinski definition) is 4. The Labute approximate surface area is 201 Å². The third-order valence-corrected chi connectivity index (χ3v) is 6.02. The van der Waals surface area contributed by atoms with E-state index in [1.165, 1.54) is 52.4 Å². The van der Waals surface area contributed by atoms with E-state index < -0.39 is 24.0 Å². The van der Waals surface area contributed by atoms with Crippen LogP contribution >= 0.6 is 0 Å². The highest BCUT2D eigenvalue weighted by Crippen LogP contribution is 2.15. The highest BCUT2D eigenvalue weighted by Gasteiger charge is 2.31. The van der Waals surface area contributed by atoms with Gasteiger partial charge in [-0.15, -0.1) is 0 Å². The lowest BCUT2D eigenvalue weighted by atomic mass is 10.1. The van der Waals surface area contributed by atoms with Gasteiger partial charge in [0.25, 0.3) is 0 Å². The van der Waals surface area contributed by atoms with E-state index in [1.807, 2.05) is 0 Å². The Morgan fingerprint density at radius 3 is 1.39 bits per heavy atom. The van der Waals surface area contributed by atoms with Gasteiger partial charge in [-0.1, -0.05) is 90.9 Å². The highest BCUT2D eigenvalue weighted by molar-refractivity contribution is 6.00. The van der Waals surface area contributed by atoms with E-state index in [2.05, 4.69) is 19.2 Å². The molecule has 0 heterocycles. The Balaban J connectivity index is 4.82. The predicted molar refractivity (Wildman–Crippen MR) is 132 cm³/mol. The molecule has 0 unspecified atom stereocenters. The van der Waals surface area contributed by atoms with Crippen LogP contribution in [0.25, 0.3) is 0 Å². The summed E-state index contributed by atoms with van der Waals surface area (Å²) in [5.74, 6) is -2.47. The highest BCUT2D eigenvalue weighted by atomic mass is 16.4. The lowest BCUT2D eigenvalue weighted by Crippen LogP contribution is -2.53. The number of rotatable bonds is 20. The van der Waals surface area contributed by atoms with E-state index in [1.54, 1.807) is 0 Å². The number of imide groups is 1. The Hall–Kier alpha value is -1.92. The molecule has 0 fully saturated rings. The monoisotopic (exact) mass is 468 g/mol. The maximum atomic E-state index is 12.9. The van der Waals surface area contributed by atoms with Crippen molar-refractivity contribution in [3.63, 3.8) is 0 Å². The van der Waals surface area contributed by atoms with Crippen molar-refractivity contribution in [3.05, 3.63) is 0 Å². The van der Waals surface area contributed by atoms with Gasteiger partial charge in [-0.2, -0.15) is 0 Å². The number of amides is 3. The molecular weight excluding hydrogens is 420 g/mol. The lowest BCUT2D eigenvalue weighted by molar-refractivity contribution is -0.152. The van der Waals surface area contributed by atoms with Crippen LogP contribution < -0.4 is 5.32 Å². The fourth-order valence-corrected chi connectivity index (χ4v) is 3.79. The number of carbonyl (C=O) groups is 4. The Bertz CT molecular complexity index is 549. The minimum Gasteiger partial charge on any atom is -0.480 e. The topological polar surface area (TPSA) is 104 Å². The molecule has 192 valence electrons. The van der Waals surface area contributed by atoms with E-state index in [4.69, 9.17) is 5.11 Å². The number of nitrogens with zero attached hydrogens (tertiary/aromatic N) is 1. The van der Waals surface area contributed by atoms with Gasteiger partial charge in [-0.25, -0.2) is 0 Å². The first-order valence-corrected chi connectivity index (χ1v) is 13.1. The molecule has 0 aliphatic carbocycles. The first kappa shape index (κ1) is 31.1. The fraction of sp³-hybridized carbons (Fsp3) is 0.846. The van der Waals surface area contributed by atoms with Gasteiger partial charge in [0, 0.05) is 12.8 Å². The molecule has 2 N–H and O–H groups in total. The molecule has 0 saturated carbocycles. The van der Waals surface area contributed by atoms with E-state index in [9.17, 15) is 19.2 Å². The average Bonchev–Trinajstić information content (AvgIpc) is 2.77. The van der Waals surface area contributed by atoms with Gasteiger partial charge < -0.3 is 10.4 Å². The molecule has 2 atom stereocenters. The minimum absolute atomic E-state index is 0.225. The molecule has 0 aromatic rings. The van der Waals surface area contributed by atoms with Gasteiger partial charge in [-0.05, 0) is 26.7 Å². The van der Waals surface area contributed by atoms with Crippen molar-refractivity contribution in [1.82, 2.24) is 10.2 Å². The molecule has 33 heavy (non-hydrogen) atoms. The third kappa shape index (κ3) is 14.8. The molecule has 3 amide bonds. The molecule has 0 radical (unpaired) electrons. The summed E-state index contributed by atoms with van der Waals surface area (Å²) in [5, 5.41) is 11.4. The van der Waals surface area contributed by atoms with Crippen LogP contribution in [-0.4, -0.2) is 45.8 Å². The number of carboxylic acid groups (broad SMARTS) is 1. The van der Waals surface area contributed by atoms with Crippen LogP contribution in [0.4, 0.5) is 0 Å². The molecule has 0 spiro atoms. The Morgan fingerprint density at radius 1 is 0.667 bits per heavy atom. The molecule has 0 rings (SSSR count). The number of nitrogens with one attached hydrogen (secondary N) is 1. The molecule has 0 bridgehead atoms. The van der Waals surface area contributed by atoms with E-state index in [0.717, 1.165) is 43.4 Å². The van der Waals surface area contributed by atoms with Crippen LogP contribution in [0.5, 0.6) is 0 Å². The van der Waals surface area contributed by atoms with Crippen molar-refractivity contribution in [1.29, 1.82) is 0 Å². The van der Waals surface area contributed by atoms with Crippen LogP contribution in [0.15, 0.2) is 0 Å². The molecule has 0 saturated heterocycles. The molecule has 0 aromatic heterocycles. The molecule has 0 aliphatic rings. The summed E-state index contributed by atoms with van der Waals surface area (Å²) < 4.78 is 0. The smallest absolute Gasteiger partial charge is 0.325 e. The summed E-state index contributed by atoms with van der Waals surface area (Å²) in [6, 6.07) is -2.11. The van der Waals surface area contributed by atoms with E-state index >= 15 is 0 Å². The maximum absolute atomic E-state index is 12.9.